The lowest BCUT2D eigenvalue weighted by Gasteiger charge is -2.06. The summed E-state index contributed by atoms with van der Waals surface area (Å²) in [5, 5.41) is 5.02. The molecule has 2 aliphatic rings. The Kier molecular flexibility index (Phi) is 3.95. The lowest BCUT2D eigenvalue weighted by molar-refractivity contribution is 1.65. The predicted molar refractivity (Wildman–Crippen MR) is 151 cm³/mol. The van der Waals surface area contributed by atoms with Crippen LogP contribution in [0.5, 0.6) is 0 Å². The van der Waals surface area contributed by atoms with Crippen LogP contribution in [0.15, 0.2) is 133 Å². The molecule has 0 spiro atoms. The van der Waals surface area contributed by atoms with Gasteiger partial charge in [0.1, 0.15) is 0 Å². The third kappa shape index (κ3) is 2.66. The fourth-order valence-corrected chi connectivity index (χ4v) is 5.98. The Hall–Kier alpha value is -4.86. The van der Waals surface area contributed by atoms with Crippen molar-refractivity contribution in [2.24, 2.45) is 0 Å². The molecule has 0 bridgehead atoms. The van der Waals surface area contributed by atoms with E-state index in [2.05, 4.69) is 133 Å². The maximum atomic E-state index is 3.69. The van der Waals surface area contributed by atoms with E-state index in [-0.39, 0.29) is 0 Å². The molecule has 0 saturated carbocycles. The molecule has 0 aromatic heterocycles. The van der Waals surface area contributed by atoms with Crippen LogP contribution in [-0.2, 0) is 0 Å². The molecule has 8 rings (SSSR count). The SMILES string of the molecule is C(=C=C1c2ccccc2-c2ccc3ccccc3c21)=C1c2ccccc2-c2cc3ccccc3cc21. The van der Waals surface area contributed by atoms with Gasteiger partial charge in [-0.2, -0.15) is 0 Å². The Bertz CT molecular complexity index is 2000. The molecular formula is C36H20. The summed E-state index contributed by atoms with van der Waals surface area (Å²) < 4.78 is 0. The van der Waals surface area contributed by atoms with E-state index in [9.17, 15) is 0 Å². The molecule has 2 aliphatic carbocycles. The van der Waals surface area contributed by atoms with Crippen molar-refractivity contribution >= 4 is 32.7 Å². The Morgan fingerprint density at radius 1 is 0.333 bits per heavy atom. The van der Waals surface area contributed by atoms with Crippen LogP contribution in [-0.4, -0.2) is 0 Å². The van der Waals surface area contributed by atoms with Crippen LogP contribution in [0.1, 0.15) is 22.3 Å². The Balaban J connectivity index is 1.50. The molecule has 6 aromatic rings. The molecule has 0 fully saturated rings. The van der Waals surface area contributed by atoms with E-state index in [1.54, 1.807) is 0 Å². The predicted octanol–water partition coefficient (Wildman–Crippen LogP) is 9.27. The number of rotatable bonds is 0. The monoisotopic (exact) mass is 452 g/mol. The largest absolute Gasteiger partial charge is 0.0616 e. The first-order valence-corrected chi connectivity index (χ1v) is 12.4. The van der Waals surface area contributed by atoms with Crippen LogP contribution in [0, 0.1) is 0 Å². The summed E-state index contributed by atoms with van der Waals surface area (Å²) in [4.78, 5) is 0. The number of benzene rings is 6. The third-order valence-corrected chi connectivity index (χ3v) is 7.62. The molecular weight excluding hydrogens is 432 g/mol. The molecule has 0 heteroatoms. The first kappa shape index (κ1) is 19.4. The van der Waals surface area contributed by atoms with Gasteiger partial charge in [-0.15, -0.1) is 0 Å². The molecule has 36 heavy (non-hydrogen) atoms. The zero-order valence-electron chi connectivity index (χ0n) is 19.5. The minimum Gasteiger partial charge on any atom is -0.0616 e. The van der Waals surface area contributed by atoms with Crippen molar-refractivity contribution in [3.8, 4) is 22.3 Å². The van der Waals surface area contributed by atoms with E-state index in [1.165, 1.54) is 66.1 Å². The topological polar surface area (TPSA) is 0 Å². The molecule has 0 nitrogen and oxygen atoms in total. The van der Waals surface area contributed by atoms with Crippen molar-refractivity contribution in [3.63, 3.8) is 0 Å². The number of hydrogen-bond acceptors (Lipinski definition) is 0. The van der Waals surface area contributed by atoms with Gasteiger partial charge in [0.25, 0.3) is 0 Å². The van der Waals surface area contributed by atoms with Gasteiger partial charge in [-0.05, 0) is 72.6 Å². The van der Waals surface area contributed by atoms with Crippen molar-refractivity contribution in [1.29, 1.82) is 0 Å². The van der Waals surface area contributed by atoms with Crippen molar-refractivity contribution in [2.45, 2.75) is 0 Å². The van der Waals surface area contributed by atoms with Crippen LogP contribution in [0.3, 0.4) is 0 Å². The Morgan fingerprint density at radius 2 is 0.861 bits per heavy atom. The molecule has 0 heterocycles. The summed E-state index contributed by atoms with van der Waals surface area (Å²) in [5.41, 5.74) is 19.6. The van der Waals surface area contributed by atoms with E-state index in [0.29, 0.717) is 0 Å². The van der Waals surface area contributed by atoms with Crippen LogP contribution < -0.4 is 0 Å². The highest BCUT2D eigenvalue weighted by atomic mass is 14.3. The average molecular weight is 453 g/mol. The summed E-state index contributed by atoms with van der Waals surface area (Å²) in [6.07, 6.45) is 0. The van der Waals surface area contributed by atoms with Crippen molar-refractivity contribution in [3.05, 3.63) is 155 Å². The van der Waals surface area contributed by atoms with E-state index in [1.807, 2.05) is 0 Å². The van der Waals surface area contributed by atoms with Gasteiger partial charge in [-0.3, -0.25) is 0 Å². The first-order chi connectivity index (χ1) is 17.9. The van der Waals surface area contributed by atoms with Crippen LogP contribution in [0.25, 0.3) is 54.9 Å². The molecule has 0 atom stereocenters. The van der Waals surface area contributed by atoms with Crippen LogP contribution >= 0.6 is 0 Å². The Morgan fingerprint density at radius 3 is 1.61 bits per heavy atom. The van der Waals surface area contributed by atoms with Crippen molar-refractivity contribution in [1.82, 2.24) is 0 Å². The highest BCUT2D eigenvalue weighted by Crippen LogP contribution is 2.48. The van der Waals surface area contributed by atoms with E-state index in [0.717, 1.165) is 11.1 Å². The van der Waals surface area contributed by atoms with Gasteiger partial charge in [0.05, 0.1) is 0 Å². The zero-order chi connectivity index (χ0) is 23.6. The molecule has 0 amide bonds. The van der Waals surface area contributed by atoms with E-state index >= 15 is 0 Å². The van der Waals surface area contributed by atoms with Crippen molar-refractivity contribution < 1.29 is 0 Å². The highest BCUT2D eigenvalue weighted by molar-refractivity contribution is 6.11. The molecule has 164 valence electrons. The molecule has 0 saturated heterocycles. The van der Waals surface area contributed by atoms with Gasteiger partial charge in [0.15, 0.2) is 0 Å². The van der Waals surface area contributed by atoms with E-state index < -0.39 is 0 Å². The van der Waals surface area contributed by atoms with Gasteiger partial charge < -0.3 is 0 Å². The number of fused-ring (bicyclic) bond motifs is 9. The molecule has 0 radical (unpaired) electrons. The molecule has 6 aromatic carbocycles. The highest BCUT2D eigenvalue weighted by Gasteiger charge is 2.26. The van der Waals surface area contributed by atoms with Gasteiger partial charge in [0, 0.05) is 16.7 Å². The minimum atomic E-state index is 1.12. The second kappa shape index (κ2) is 7.32. The van der Waals surface area contributed by atoms with Gasteiger partial charge in [-0.1, -0.05) is 121 Å². The zero-order valence-corrected chi connectivity index (χ0v) is 19.5. The van der Waals surface area contributed by atoms with Gasteiger partial charge >= 0.3 is 0 Å². The van der Waals surface area contributed by atoms with Crippen molar-refractivity contribution in [2.75, 3.05) is 0 Å². The molecule has 0 N–H and O–H groups in total. The third-order valence-electron chi connectivity index (χ3n) is 7.62. The van der Waals surface area contributed by atoms with E-state index in [4.69, 9.17) is 0 Å². The lowest BCUT2D eigenvalue weighted by Crippen LogP contribution is -1.83. The normalized spacial score (nSPS) is 12.7. The summed E-state index contributed by atoms with van der Waals surface area (Å²) in [6.45, 7) is 0. The fourth-order valence-electron chi connectivity index (χ4n) is 5.98. The fraction of sp³-hybridized carbons (Fsp3) is 0. The summed E-state index contributed by atoms with van der Waals surface area (Å²) in [5.74, 6) is 0. The second-order valence-corrected chi connectivity index (χ2v) is 9.55. The number of hydrogen-bond donors (Lipinski definition) is 0. The second-order valence-electron chi connectivity index (χ2n) is 9.55. The summed E-state index contributed by atoms with van der Waals surface area (Å²) >= 11 is 0. The lowest BCUT2D eigenvalue weighted by atomic mass is 9.97. The smallest absolute Gasteiger partial charge is 0.0412 e. The first-order valence-electron chi connectivity index (χ1n) is 12.4. The summed E-state index contributed by atoms with van der Waals surface area (Å²) in [6, 6.07) is 43.7. The van der Waals surface area contributed by atoms with Gasteiger partial charge in [-0.25, -0.2) is 0 Å². The van der Waals surface area contributed by atoms with Crippen LogP contribution in [0.2, 0.25) is 0 Å². The summed E-state index contributed by atoms with van der Waals surface area (Å²) in [7, 11) is 0. The maximum absolute atomic E-state index is 3.69. The maximum Gasteiger partial charge on any atom is 0.0412 e. The Labute approximate surface area is 209 Å². The minimum absolute atomic E-state index is 1.12. The quantitative estimate of drug-likeness (QED) is 0.201. The standard InChI is InChI=1S/C36H20/c1-2-11-25-22-35-31(27-13-5-8-16-30(27)34(35)21-24(25)10-1)19-20-33-29-15-7-6-14-28(29)32-18-17-23-9-3-4-12-26(23)36(32)33/h1-18,21-22H. The molecule has 0 unspecified atom stereocenters. The van der Waals surface area contributed by atoms with Crippen LogP contribution in [0.4, 0.5) is 0 Å². The average Bonchev–Trinajstić information content (AvgIpc) is 3.43. The molecule has 0 aliphatic heterocycles. The van der Waals surface area contributed by atoms with Gasteiger partial charge in [0.2, 0.25) is 0 Å².